The van der Waals surface area contributed by atoms with Crippen molar-refractivity contribution >= 4 is 54.9 Å². The first kappa shape index (κ1) is 18.4. The number of hydrogen-bond donors (Lipinski definition) is 1. The van der Waals surface area contributed by atoms with Gasteiger partial charge in [0.2, 0.25) is 0 Å². The highest BCUT2D eigenvalue weighted by molar-refractivity contribution is 9.10. The summed E-state index contributed by atoms with van der Waals surface area (Å²) in [5.41, 5.74) is 1.46. The molecule has 0 radical (unpaired) electrons. The van der Waals surface area contributed by atoms with E-state index in [1.807, 2.05) is 31.2 Å². The van der Waals surface area contributed by atoms with E-state index >= 15 is 0 Å². The number of fused-ring (bicyclic) bond motifs is 1. The number of nitrogens with zero attached hydrogens (tertiary/aromatic N) is 3. The molecule has 1 amide bonds. The van der Waals surface area contributed by atoms with Crippen molar-refractivity contribution in [3.63, 3.8) is 0 Å². The summed E-state index contributed by atoms with van der Waals surface area (Å²) < 4.78 is 0.979. The molecular formula is C20H21BrN4OS. The molecule has 5 nitrogen and oxygen atoms in total. The van der Waals surface area contributed by atoms with Crippen LogP contribution >= 0.6 is 27.3 Å². The molecule has 4 rings (SSSR count). The molecule has 0 saturated carbocycles. The molecule has 0 aliphatic carbocycles. The third kappa shape index (κ3) is 3.71. The molecule has 1 saturated heterocycles. The summed E-state index contributed by atoms with van der Waals surface area (Å²) in [5, 5.41) is 3.89. The molecule has 1 fully saturated rings. The first-order valence-electron chi connectivity index (χ1n) is 9.09. The number of benzene rings is 1. The van der Waals surface area contributed by atoms with Crippen LogP contribution in [0.1, 0.15) is 35.0 Å². The van der Waals surface area contributed by atoms with Gasteiger partial charge < -0.3 is 10.2 Å². The Bertz CT molecular complexity index is 986. The van der Waals surface area contributed by atoms with Crippen molar-refractivity contribution in [2.45, 2.75) is 26.7 Å². The fraction of sp³-hybridized carbons (Fsp3) is 0.350. The van der Waals surface area contributed by atoms with Gasteiger partial charge in [0.15, 0.2) is 0 Å². The van der Waals surface area contributed by atoms with Crippen LogP contribution in [0.3, 0.4) is 0 Å². The number of halogens is 1. The Morgan fingerprint density at radius 2 is 2.07 bits per heavy atom. The molecule has 140 valence electrons. The van der Waals surface area contributed by atoms with E-state index in [1.54, 1.807) is 17.7 Å². The van der Waals surface area contributed by atoms with Gasteiger partial charge in [-0.2, -0.15) is 0 Å². The second kappa shape index (κ2) is 7.56. The van der Waals surface area contributed by atoms with Crippen LogP contribution in [0.2, 0.25) is 0 Å². The molecule has 1 atom stereocenters. The molecular weight excluding hydrogens is 424 g/mol. The van der Waals surface area contributed by atoms with Gasteiger partial charge in [0.1, 0.15) is 17.0 Å². The number of anilines is 2. The van der Waals surface area contributed by atoms with Gasteiger partial charge in [-0.15, -0.1) is 11.3 Å². The number of nitrogens with one attached hydrogen (secondary N) is 1. The van der Waals surface area contributed by atoms with Crippen molar-refractivity contribution in [3.05, 3.63) is 45.5 Å². The van der Waals surface area contributed by atoms with Crippen molar-refractivity contribution < 1.29 is 4.79 Å². The van der Waals surface area contributed by atoms with E-state index in [2.05, 4.69) is 43.0 Å². The molecule has 0 unspecified atom stereocenters. The van der Waals surface area contributed by atoms with Gasteiger partial charge in [0.25, 0.3) is 5.91 Å². The van der Waals surface area contributed by atoms with Gasteiger partial charge in [-0.3, -0.25) is 4.79 Å². The predicted octanol–water partition coefficient (Wildman–Crippen LogP) is 5.25. The van der Waals surface area contributed by atoms with Crippen LogP contribution in [0.4, 0.5) is 11.5 Å². The third-order valence-corrected chi connectivity index (χ3v) is 6.47. The van der Waals surface area contributed by atoms with Crippen molar-refractivity contribution in [2.75, 3.05) is 23.3 Å². The van der Waals surface area contributed by atoms with Gasteiger partial charge in [0, 0.05) is 28.1 Å². The Hall–Kier alpha value is -1.99. The lowest BCUT2D eigenvalue weighted by Crippen LogP contribution is -2.35. The van der Waals surface area contributed by atoms with E-state index in [-0.39, 0.29) is 5.91 Å². The normalized spacial score (nSPS) is 17.3. The van der Waals surface area contributed by atoms with Crippen LogP contribution in [0.25, 0.3) is 10.2 Å². The van der Waals surface area contributed by atoms with Gasteiger partial charge >= 0.3 is 0 Å². The Morgan fingerprint density at radius 1 is 1.30 bits per heavy atom. The number of carbonyl (C=O) groups is 1. The molecule has 2 aromatic heterocycles. The summed E-state index contributed by atoms with van der Waals surface area (Å²) in [6, 6.07) is 7.60. The molecule has 1 N–H and O–H groups in total. The van der Waals surface area contributed by atoms with Crippen molar-refractivity contribution in [2.24, 2.45) is 5.92 Å². The van der Waals surface area contributed by atoms with E-state index in [0.717, 1.165) is 50.6 Å². The van der Waals surface area contributed by atoms with E-state index in [9.17, 15) is 4.79 Å². The summed E-state index contributed by atoms with van der Waals surface area (Å²) in [5.74, 6) is 1.41. The maximum atomic E-state index is 13.1. The quantitative estimate of drug-likeness (QED) is 0.598. The minimum absolute atomic E-state index is 0.109. The molecule has 0 spiro atoms. The largest absolute Gasteiger partial charge is 0.356 e. The molecule has 27 heavy (non-hydrogen) atoms. The van der Waals surface area contributed by atoms with Gasteiger partial charge in [-0.25, -0.2) is 9.97 Å². The lowest BCUT2D eigenvalue weighted by atomic mass is 10.00. The first-order valence-corrected chi connectivity index (χ1v) is 10.7. The van der Waals surface area contributed by atoms with E-state index in [4.69, 9.17) is 0 Å². The number of amides is 1. The summed E-state index contributed by atoms with van der Waals surface area (Å²) in [6.07, 6.45) is 4.00. The smallest absolute Gasteiger partial charge is 0.257 e. The van der Waals surface area contributed by atoms with Crippen molar-refractivity contribution in [1.29, 1.82) is 0 Å². The molecule has 1 aliphatic heterocycles. The minimum atomic E-state index is -0.109. The maximum absolute atomic E-state index is 13.1. The average Bonchev–Trinajstić information content (AvgIpc) is 2.99. The number of aryl methyl sites for hydroxylation is 1. The zero-order chi connectivity index (χ0) is 19.0. The molecule has 3 aromatic rings. The van der Waals surface area contributed by atoms with Crippen LogP contribution in [-0.4, -0.2) is 29.0 Å². The summed E-state index contributed by atoms with van der Waals surface area (Å²) >= 11 is 4.97. The van der Waals surface area contributed by atoms with Gasteiger partial charge in [0.05, 0.1) is 10.9 Å². The summed E-state index contributed by atoms with van der Waals surface area (Å²) in [7, 11) is 0. The van der Waals surface area contributed by atoms with Crippen LogP contribution < -0.4 is 10.2 Å². The standard InChI is InChI=1S/C20H21BrN4OS/c1-12-4-3-9-25(10-12)18-17-16(13(2)27-20(17)23-11-22-18)19(26)24-15-7-5-14(21)6-8-15/h5-8,11-12H,3-4,9-10H2,1-2H3,(H,24,26)/t12-/m1/s1. The topological polar surface area (TPSA) is 58.1 Å². The Morgan fingerprint density at radius 3 is 2.81 bits per heavy atom. The SMILES string of the molecule is Cc1sc2ncnc(N3CCC[C@@H](C)C3)c2c1C(=O)Nc1ccc(Br)cc1. The number of rotatable bonds is 3. The molecule has 0 bridgehead atoms. The van der Waals surface area contributed by atoms with Crippen LogP contribution in [0.15, 0.2) is 35.1 Å². The molecule has 3 heterocycles. The zero-order valence-corrected chi connectivity index (χ0v) is 17.7. The van der Waals surface area contributed by atoms with Crippen LogP contribution in [0, 0.1) is 12.8 Å². The highest BCUT2D eigenvalue weighted by atomic mass is 79.9. The maximum Gasteiger partial charge on any atom is 0.257 e. The highest BCUT2D eigenvalue weighted by Gasteiger charge is 2.25. The van der Waals surface area contributed by atoms with Crippen molar-refractivity contribution in [1.82, 2.24) is 9.97 Å². The number of hydrogen-bond acceptors (Lipinski definition) is 5. The van der Waals surface area contributed by atoms with Crippen LogP contribution in [-0.2, 0) is 0 Å². The second-order valence-corrected chi connectivity index (χ2v) is 9.18. The van der Waals surface area contributed by atoms with Gasteiger partial charge in [-0.1, -0.05) is 22.9 Å². The molecule has 1 aliphatic rings. The number of aromatic nitrogens is 2. The second-order valence-electron chi connectivity index (χ2n) is 7.07. The highest BCUT2D eigenvalue weighted by Crippen LogP contribution is 2.36. The lowest BCUT2D eigenvalue weighted by Gasteiger charge is -2.32. The Labute approximate surface area is 171 Å². The monoisotopic (exact) mass is 444 g/mol. The Balaban J connectivity index is 1.74. The predicted molar refractivity (Wildman–Crippen MR) is 115 cm³/mol. The minimum Gasteiger partial charge on any atom is -0.356 e. The number of carbonyl (C=O) groups excluding carboxylic acids is 1. The lowest BCUT2D eigenvalue weighted by molar-refractivity contribution is 0.102. The third-order valence-electron chi connectivity index (χ3n) is 4.93. The Kier molecular flexibility index (Phi) is 5.14. The van der Waals surface area contributed by atoms with Crippen LogP contribution in [0.5, 0.6) is 0 Å². The molecule has 1 aromatic carbocycles. The number of piperidine rings is 1. The average molecular weight is 445 g/mol. The van der Waals surface area contributed by atoms with E-state index in [0.29, 0.717) is 11.5 Å². The fourth-order valence-electron chi connectivity index (χ4n) is 3.65. The fourth-order valence-corrected chi connectivity index (χ4v) is 4.90. The van der Waals surface area contributed by atoms with Crippen molar-refractivity contribution in [3.8, 4) is 0 Å². The summed E-state index contributed by atoms with van der Waals surface area (Å²) in [4.78, 5) is 26.3. The first-order chi connectivity index (χ1) is 13.0. The van der Waals surface area contributed by atoms with E-state index in [1.165, 1.54) is 6.42 Å². The number of thiophene rings is 1. The van der Waals surface area contributed by atoms with Gasteiger partial charge in [-0.05, 0) is 49.9 Å². The molecule has 7 heteroatoms. The summed E-state index contributed by atoms with van der Waals surface area (Å²) in [6.45, 7) is 6.18. The van der Waals surface area contributed by atoms with E-state index < -0.39 is 0 Å². The zero-order valence-electron chi connectivity index (χ0n) is 15.3.